The highest BCUT2D eigenvalue weighted by Crippen LogP contribution is 2.51. The minimum absolute atomic E-state index is 0.0905. The molecule has 0 bridgehead atoms. The monoisotopic (exact) mass is 349 g/mol. The van der Waals surface area contributed by atoms with Crippen LogP contribution in [0.1, 0.15) is 35.4 Å². The number of likely N-dealkylation sites (tertiary alicyclic amines) is 1. The predicted octanol–water partition coefficient (Wildman–Crippen LogP) is 3.35. The molecule has 2 unspecified atom stereocenters. The van der Waals surface area contributed by atoms with Gasteiger partial charge in [0.2, 0.25) is 5.91 Å². The van der Waals surface area contributed by atoms with Crippen LogP contribution in [-0.2, 0) is 15.0 Å². The minimum Gasteiger partial charge on any atom is -0.481 e. The number of carbonyl (C=O) groups is 2. The van der Waals surface area contributed by atoms with Crippen molar-refractivity contribution in [1.82, 2.24) is 4.90 Å². The number of hydrogen-bond donors (Lipinski definition) is 1. The van der Waals surface area contributed by atoms with E-state index in [-0.39, 0.29) is 11.8 Å². The van der Waals surface area contributed by atoms with Crippen molar-refractivity contribution in [2.24, 2.45) is 5.92 Å². The first-order valence-corrected chi connectivity index (χ1v) is 9.15. The van der Waals surface area contributed by atoms with Crippen molar-refractivity contribution in [3.05, 3.63) is 71.3 Å². The van der Waals surface area contributed by atoms with Crippen LogP contribution in [0.5, 0.6) is 0 Å². The van der Waals surface area contributed by atoms with E-state index in [0.29, 0.717) is 13.1 Å². The van der Waals surface area contributed by atoms with Crippen LogP contribution in [0, 0.1) is 12.8 Å². The maximum absolute atomic E-state index is 13.3. The van der Waals surface area contributed by atoms with Crippen LogP contribution < -0.4 is 0 Å². The smallest absolute Gasteiger partial charge is 0.308 e. The summed E-state index contributed by atoms with van der Waals surface area (Å²) in [7, 11) is 0. The van der Waals surface area contributed by atoms with Crippen LogP contribution in [0.3, 0.4) is 0 Å². The molecule has 4 heteroatoms. The Morgan fingerprint density at radius 3 is 2.38 bits per heavy atom. The summed E-state index contributed by atoms with van der Waals surface area (Å²) in [4.78, 5) is 26.9. The molecule has 1 saturated heterocycles. The highest BCUT2D eigenvalue weighted by atomic mass is 16.4. The van der Waals surface area contributed by atoms with Gasteiger partial charge in [0.05, 0.1) is 11.3 Å². The van der Waals surface area contributed by atoms with Gasteiger partial charge in [-0.1, -0.05) is 60.2 Å². The fourth-order valence-corrected chi connectivity index (χ4v) is 4.25. The second kappa shape index (κ2) is 6.27. The number of carbonyl (C=O) groups excluding carboxylic acids is 1. The van der Waals surface area contributed by atoms with E-state index in [0.717, 1.165) is 29.5 Å². The Balaban J connectivity index is 1.60. The lowest BCUT2D eigenvalue weighted by Crippen LogP contribution is -2.38. The summed E-state index contributed by atoms with van der Waals surface area (Å²) in [6.45, 7) is 2.81. The zero-order valence-corrected chi connectivity index (χ0v) is 14.9. The van der Waals surface area contributed by atoms with E-state index in [1.165, 1.54) is 0 Å². The van der Waals surface area contributed by atoms with Gasteiger partial charge >= 0.3 is 5.97 Å². The van der Waals surface area contributed by atoms with Crippen molar-refractivity contribution < 1.29 is 14.7 Å². The van der Waals surface area contributed by atoms with E-state index in [4.69, 9.17) is 0 Å². The molecule has 0 spiro atoms. The highest BCUT2D eigenvalue weighted by Gasteiger charge is 2.55. The summed E-state index contributed by atoms with van der Waals surface area (Å²) in [6, 6.07) is 17.8. The average molecular weight is 349 g/mol. The first-order chi connectivity index (χ1) is 12.5. The molecule has 1 N–H and O–H groups in total. The first kappa shape index (κ1) is 16.8. The number of hydrogen-bond acceptors (Lipinski definition) is 2. The lowest BCUT2D eigenvalue weighted by molar-refractivity contribution is -0.142. The van der Waals surface area contributed by atoms with E-state index < -0.39 is 17.3 Å². The predicted molar refractivity (Wildman–Crippen MR) is 99.0 cm³/mol. The number of benzene rings is 2. The van der Waals surface area contributed by atoms with Crippen LogP contribution in [-0.4, -0.2) is 35.0 Å². The second-order valence-electron chi connectivity index (χ2n) is 7.62. The maximum atomic E-state index is 13.3. The fourth-order valence-electron chi connectivity index (χ4n) is 4.25. The Morgan fingerprint density at radius 2 is 1.77 bits per heavy atom. The van der Waals surface area contributed by atoms with Crippen molar-refractivity contribution in [2.75, 3.05) is 13.1 Å². The summed E-state index contributed by atoms with van der Waals surface area (Å²) in [5.74, 6) is -1.43. The van der Waals surface area contributed by atoms with Gasteiger partial charge in [-0.25, -0.2) is 0 Å². The summed E-state index contributed by atoms with van der Waals surface area (Å²) >= 11 is 0. The molecule has 26 heavy (non-hydrogen) atoms. The SMILES string of the molecule is Cc1cccc(C2(C(=O)N3CC(C(=O)O)C(c4ccccc4)C3)CC2)c1. The van der Waals surface area contributed by atoms with Crippen LogP contribution in [0.25, 0.3) is 0 Å². The number of nitrogens with zero attached hydrogens (tertiary/aromatic N) is 1. The molecule has 1 heterocycles. The van der Waals surface area contributed by atoms with Gasteiger partial charge in [0.1, 0.15) is 0 Å². The zero-order valence-electron chi connectivity index (χ0n) is 14.9. The van der Waals surface area contributed by atoms with Crippen molar-refractivity contribution in [1.29, 1.82) is 0 Å². The minimum atomic E-state index is -0.824. The standard InChI is InChI=1S/C22H23NO3/c1-15-6-5-9-17(12-15)22(10-11-22)21(26)23-13-18(19(14-23)20(24)25)16-7-3-2-4-8-16/h2-9,12,18-19H,10-11,13-14H2,1H3,(H,24,25). The molecule has 1 amide bonds. The lowest BCUT2D eigenvalue weighted by Gasteiger charge is -2.24. The van der Waals surface area contributed by atoms with Gasteiger partial charge in [0, 0.05) is 19.0 Å². The van der Waals surface area contributed by atoms with Crippen molar-refractivity contribution in [2.45, 2.75) is 31.1 Å². The molecule has 0 aromatic heterocycles. The Hall–Kier alpha value is -2.62. The van der Waals surface area contributed by atoms with Crippen LogP contribution >= 0.6 is 0 Å². The summed E-state index contributed by atoms with van der Waals surface area (Å²) < 4.78 is 0. The molecule has 2 aromatic rings. The van der Waals surface area contributed by atoms with E-state index in [1.807, 2.05) is 55.5 Å². The molecular formula is C22H23NO3. The second-order valence-corrected chi connectivity index (χ2v) is 7.62. The number of aliphatic carboxylic acids is 1. The largest absolute Gasteiger partial charge is 0.481 e. The topological polar surface area (TPSA) is 57.6 Å². The third-order valence-corrected chi connectivity index (χ3v) is 5.88. The van der Waals surface area contributed by atoms with Gasteiger partial charge < -0.3 is 10.0 Å². The Bertz CT molecular complexity index is 841. The van der Waals surface area contributed by atoms with E-state index in [9.17, 15) is 14.7 Å². The molecule has 1 aliphatic heterocycles. The zero-order chi connectivity index (χ0) is 18.3. The molecule has 4 nitrogen and oxygen atoms in total. The Morgan fingerprint density at radius 1 is 1.04 bits per heavy atom. The Kier molecular flexibility index (Phi) is 4.06. The molecule has 2 aromatic carbocycles. The number of carboxylic acids is 1. The summed E-state index contributed by atoms with van der Waals surface area (Å²) in [5.41, 5.74) is 2.77. The van der Waals surface area contributed by atoms with Crippen LogP contribution in [0.15, 0.2) is 54.6 Å². The quantitative estimate of drug-likeness (QED) is 0.921. The van der Waals surface area contributed by atoms with Gasteiger partial charge in [-0.15, -0.1) is 0 Å². The van der Waals surface area contributed by atoms with E-state index >= 15 is 0 Å². The lowest BCUT2D eigenvalue weighted by atomic mass is 9.89. The van der Waals surface area contributed by atoms with Gasteiger partial charge in [0.15, 0.2) is 0 Å². The van der Waals surface area contributed by atoms with Crippen LogP contribution in [0.4, 0.5) is 0 Å². The van der Waals surface area contributed by atoms with E-state index in [2.05, 4.69) is 6.07 Å². The van der Waals surface area contributed by atoms with Gasteiger partial charge in [-0.05, 0) is 30.9 Å². The first-order valence-electron chi connectivity index (χ1n) is 9.15. The molecule has 2 aliphatic rings. The fraction of sp³-hybridized carbons (Fsp3) is 0.364. The van der Waals surface area contributed by atoms with Gasteiger partial charge in [-0.3, -0.25) is 9.59 Å². The number of amides is 1. The van der Waals surface area contributed by atoms with Crippen molar-refractivity contribution in [3.63, 3.8) is 0 Å². The maximum Gasteiger partial charge on any atom is 0.308 e. The summed E-state index contributed by atoms with van der Waals surface area (Å²) in [6.07, 6.45) is 1.69. The molecule has 134 valence electrons. The molecular weight excluding hydrogens is 326 g/mol. The van der Waals surface area contributed by atoms with Crippen molar-refractivity contribution >= 4 is 11.9 Å². The number of aryl methyl sites for hydroxylation is 1. The number of rotatable bonds is 4. The molecule has 4 rings (SSSR count). The van der Waals surface area contributed by atoms with Crippen LogP contribution in [0.2, 0.25) is 0 Å². The highest BCUT2D eigenvalue weighted by molar-refractivity contribution is 5.92. The normalized spacial score (nSPS) is 23.7. The van der Waals surface area contributed by atoms with Gasteiger partial charge in [0.25, 0.3) is 0 Å². The third-order valence-electron chi connectivity index (χ3n) is 5.88. The van der Waals surface area contributed by atoms with E-state index in [1.54, 1.807) is 4.90 Å². The molecule has 0 radical (unpaired) electrons. The summed E-state index contributed by atoms with van der Waals surface area (Å²) in [5, 5.41) is 9.68. The molecule has 1 saturated carbocycles. The molecule has 1 aliphatic carbocycles. The number of carboxylic acid groups (broad SMARTS) is 1. The Labute approximate surface area is 153 Å². The third kappa shape index (κ3) is 2.79. The average Bonchev–Trinajstić information content (AvgIpc) is 3.33. The van der Waals surface area contributed by atoms with Crippen molar-refractivity contribution in [3.8, 4) is 0 Å². The molecule has 2 atom stereocenters. The van der Waals surface area contributed by atoms with Gasteiger partial charge in [-0.2, -0.15) is 0 Å². The molecule has 2 fully saturated rings.